The van der Waals surface area contributed by atoms with E-state index >= 15 is 0 Å². The number of nitrogens with one attached hydrogen (secondary N) is 1. The molecule has 18 heavy (non-hydrogen) atoms. The molecular formula is C15H16N2O. The fourth-order valence-electron chi connectivity index (χ4n) is 2.17. The maximum atomic E-state index is 8.69. The van der Waals surface area contributed by atoms with Crippen molar-refractivity contribution in [2.24, 2.45) is 0 Å². The molecular weight excluding hydrogens is 224 g/mol. The number of hydrogen-bond donors (Lipinski definition) is 1. The Labute approximate surface area is 107 Å². The van der Waals surface area contributed by atoms with Crippen LogP contribution in [-0.2, 0) is 6.54 Å². The van der Waals surface area contributed by atoms with Crippen LogP contribution in [0.5, 0.6) is 0 Å². The van der Waals surface area contributed by atoms with E-state index in [4.69, 9.17) is 9.68 Å². The van der Waals surface area contributed by atoms with Crippen LogP contribution in [0, 0.1) is 32.1 Å². The van der Waals surface area contributed by atoms with Crippen LogP contribution in [0.4, 0.5) is 5.69 Å². The number of anilines is 1. The van der Waals surface area contributed by atoms with Gasteiger partial charge in [0, 0.05) is 5.69 Å². The Morgan fingerprint density at radius 1 is 1.17 bits per heavy atom. The molecule has 1 heterocycles. The molecule has 0 radical (unpaired) electrons. The number of furan rings is 1. The molecule has 0 atom stereocenters. The lowest BCUT2D eigenvalue weighted by molar-refractivity contribution is 0.506. The number of nitriles is 1. The molecule has 3 heteroatoms. The highest BCUT2D eigenvalue weighted by atomic mass is 16.3. The smallest absolute Gasteiger partial charge is 0.203 e. The van der Waals surface area contributed by atoms with E-state index in [0.717, 1.165) is 11.4 Å². The Kier molecular flexibility index (Phi) is 3.38. The van der Waals surface area contributed by atoms with E-state index in [-0.39, 0.29) is 0 Å². The van der Waals surface area contributed by atoms with Gasteiger partial charge in [0.05, 0.1) is 6.54 Å². The van der Waals surface area contributed by atoms with Crippen molar-refractivity contribution in [1.29, 1.82) is 5.26 Å². The molecule has 0 saturated heterocycles. The Balaban J connectivity index is 2.13. The van der Waals surface area contributed by atoms with Crippen molar-refractivity contribution in [3.63, 3.8) is 0 Å². The predicted molar refractivity (Wildman–Crippen MR) is 71.4 cm³/mol. The van der Waals surface area contributed by atoms with Gasteiger partial charge >= 0.3 is 0 Å². The first-order chi connectivity index (χ1) is 8.60. The van der Waals surface area contributed by atoms with Crippen molar-refractivity contribution in [3.8, 4) is 6.07 Å². The number of aryl methyl sites for hydroxylation is 3. The van der Waals surface area contributed by atoms with Crippen molar-refractivity contribution in [2.75, 3.05) is 5.32 Å². The van der Waals surface area contributed by atoms with Gasteiger partial charge in [-0.2, -0.15) is 5.26 Å². The zero-order chi connectivity index (χ0) is 13.1. The van der Waals surface area contributed by atoms with Crippen LogP contribution in [0.15, 0.2) is 28.7 Å². The molecule has 0 amide bonds. The van der Waals surface area contributed by atoms with Crippen LogP contribution in [0.2, 0.25) is 0 Å². The van der Waals surface area contributed by atoms with E-state index in [0.29, 0.717) is 12.3 Å². The average Bonchev–Trinajstić information content (AvgIpc) is 2.75. The van der Waals surface area contributed by atoms with Crippen LogP contribution in [0.25, 0.3) is 0 Å². The van der Waals surface area contributed by atoms with Crippen LogP contribution in [-0.4, -0.2) is 0 Å². The summed E-state index contributed by atoms with van der Waals surface area (Å²) in [6, 6.07) is 9.79. The molecule has 0 spiro atoms. The maximum absolute atomic E-state index is 8.69. The van der Waals surface area contributed by atoms with Crippen molar-refractivity contribution in [1.82, 2.24) is 0 Å². The molecule has 0 aliphatic rings. The normalized spacial score (nSPS) is 10.1. The van der Waals surface area contributed by atoms with Crippen molar-refractivity contribution >= 4 is 5.69 Å². The van der Waals surface area contributed by atoms with Crippen LogP contribution in [0.1, 0.15) is 28.2 Å². The summed E-state index contributed by atoms with van der Waals surface area (Å²) in [6.45, 7) is 6.86. The summed E-state index contributed by atoms with van der Waals surface area (Å²) in [5, 5.41) is 12.0. The molecule has 92 valence electrons. The Hall–Kier alpha value is -2.21. The third-order valence-electron chi connectivity index (χ3n) is 2.89. The van der Waals surface area contributed by atoms with Gasteiger partial charge in [-0.1, -0.05) is 17.7 Å². The molecule has 0 saturated carbocycles. The topological polar surface area (TPSA) is 49.0 Å². The van der Waals surface area contributed by atoms with Gasteiger partial charge in [0.1, 0.15) is 11.8 Å². The van der Waals surface area contributed by atoms with E-state index in [1.807, 2.05) is 12.1 Å². The average molecular weight is 240 g/mol. The van der Waals surface area contributed by atoms with Gasteiger partial charge in [0.25, 0.3) is 0 Å². The number of rotatable bonds is 3. The van der Waals surface area contributed by atoms with Crippen LogP contribution < -0.4 is 5.32 Å². The van der Waals surface area contributed by atoms with Gasteiger partial charge in [-0.25, -0.2) is 0 Å². The lowest BCUT2D eigenvalue weighted by Gasteiger charge is -2.12. The highest BCUT2D eigenvalue weighted by Gasteiger charge is 2.05. The molecule has 1 aromatic heterocycles. The highest BCUT2D eigenvalue weighted by Crippen LogP contribution is 2.22. The lowest BCUT2D eigenvalue weighted by Crippen LogP contribution is -2.02. The minimum Gasteiger partial charge on any atom is -0.449 e. The molecule has 0 bridgehead atoms. The Morgan fingerprint density at radius 3 is 2.39 bits per heavy atom. The third-order valence-corrected chi connectivity index (χ3v) is 2.89. The van der Waals surface area contributed by atoms with E-state index in [9.17, 15) is 0 Å². The largest absolute Gasteiger partial charge is 0.449 e. The molecule has 1 aromatic carbocycles. The van der Waals surface area contributed by atoms with Gasteiger partial charge in [-0.3, -0.25) is 0 Å². The quantitative estimate of drug-likeness (QED) is 0.890. The molecule has 3 nitrogen and oxygen atoms in total. The lowest BCUT2D eigenvalue weighted by atomic mass is 10.1. The van der Waals surface area contributed by atoms with Crippen LogP contribution >= 0.6 is 0 Å². The summed E-state index contributed by atoms with van der Waals surface area (Å²) in [6.07, 6.45) is 0. The maximum Gasteiger partial charge on any atom is 0.203 e. The van der Waals surface area contributed by atoms with Gasteiger partial charge in [0.15, 0.2) is 0 Å². The first kappa shape index (κ1) is 12.3. The summed E-state index contributed by atoms with van der Waals surface area (Å²) in [4.78, 5) is 0. The summed E-state index contributed by atoms with van der Waals surface area (Å²) < 4.78 is 5.33. The Bertz CT molecular complexity index is 582. The van der Waals surface area contributed by atoms with E-state index < -0.39 is 0 Å². The molecule has 0 fully saturated rings. The summed E-state index contributed by atoms with van der Waals surface area (Å²) in [7, 11) is 0. The second-order valence-corrected chi connectivity index (χ2v) is 4.51. The standard InChI is InChI=1S/C15H16N2O/c1-10-6-11(2)15(12(3)7-10)17-9-14-5-4-13(8-16)18-14/h4-7,17H,9H2,1-3H3. The van der Waals surface area contributed by atoms with Crippen molar-refractivity contribution in [3.05, 3.63) is 52.5 Å². The second kappa shape index (κ2) is 4.97. The first-order valence-electron chi connectivity index (χ1n) is 5.90. The molecule has 0 aliphatic heterocycles. The monoisotopic (exact) mass is 240 g/mol. The van der Waals surface area contributed by atoms with E-state index in [1.54, 1.807) is 6.07 Å². The highest BCUT2D eigenvalue weighted by molar-refractivity contribution is 5.58. The van der Waals surface area contributed by atoms with Crippen LogP contribution in [0.3, 0.4) is 0 Å². The third kappa shape index (κ3) is 2.54. The number of nitrogens with zero attached hydrogens (tertiary/aromatic N) is 1. The zero-order valence-corrected chi connectivity index (χ0v) is 10.9. The van der Waals surface area contributed by atoms with Gasteiger partial charge in [-0.05, 0) is 44.0 Å². The SMILES string of the molecule is Cc1cc(C)c(NCc2ccc(C#N)o2)c(C)c1. The summed E-state index contributed by atoms with van der Waals surface area (Å²) in [5.41, 5.74) is 4.84. The summed E-state index contributed by atoms with van der Waals surface area (Å²) in [5.74, 6) is 1.12. The first-order valence-corrected chi connectivity index (χ1v) is 5.90. The predicted octanol–water partition coefficient (Wildman–Crippen LogP) is 3.69. The van der Waals surface area contributed by atoms with Gasteiger partial charge < -0.3 is 9.73 Å². The second-order valence-electron chi connectivity index (χ2n) is 4.51. The fourth-order valence-corrected chi connectivity index (χ4v) is 2.17. The molecule has 2 aromatic rings. The van der Waals surface area contributed by atoms with Crippen molar-refractivity contribution in [2.45, 2.75) is 27.3 Å². The van der Waals surface area contributed by atoms with Gasteiger partial charge in [0.2, 0.25) is 5.76 Å². The molecule has 0 unspecified atom stereocenters. The van der Waals surface area contributed by atoms with E-state index in [1.165, 1.54) is 16.7 Å². The number of hydrogen-bond acceptors (Lipinski definition) is 3. The fraction of sp³-hybridized carbons (Fsp3) is 0.267. The Morgan fingerprint density at radius 2 is 1.83 bits per heavy atom. The molecule has 0 aliphatic carbocycles. The molecule has 2 rings (SSSR count). The molecule has 1 N–H and O–H groups in total. The minimum atomic E-state index is 0.351. The minimum absolute atomic E-state index is 0.351. The zero-order valence-electron chi connectivity index (χ0n) is 10.9. The van der Waals surface area contributed by atoms with Crippen molar-refractivity contribution < 1.29 is 4.42 Å². The number of benzene rings is 1. The summed E-state index contributed by atoms with van der Waals surface area (Å²) >= 11 is 0. The van der Waals surface area contributed by atoms with Gasteiger partial charge in [-0.15, -0.1) is 0 Å². The van der Waals surface area contributed by atoms with E-state index in [2.05, 4.69) is 38.2 Å².